The summed E-state index contributed by atoms with van der Waals surface area (Å²) in [6, 6.07) is 80.7. The van der Waals surface area contributed by atoms with Gasteiger partial charge in [-0.3, -0.25) is 0 Å². The summed E-state index contributed by atoms with van der Waals surface area (Å²) >= 11 is 0. The minimum Gasteiger partial charge on any atom is -0.326 e. The highest BCUT2D eigenvalue weighted by Gasteiger charge is 2.35. The Labute approximate surface area is 392 Å². The van der Waals surface area contributed by atoms with Gasteiger partial charge in [-0.05, 0) is 125 Å². The van der Waals surface area contributed by atoms with E-state index in [2.05, 4.69) is 197 Å². The maximum atomic E-state index is 5.82. The summed E-state index contributed by atoms with van der Waals surface area (Å²) in [4.78, 5) is 0. The molecule has 0 saturated heterocycles. The number of rotatable bonds is 6. The van der Waals surface area contributed by atoms with E-state index in [1.54, 1.807) is 0 Å². The van der Waals surface area contributed by atoms with Gasteiger partial charge in [-0.2, -0.15) is 0 Å². The van der Waals surface area contributed by atoms with Crippen LogP contribution in [0.4, 0.5) is 0 Å². The summed E-state index contributed by atoms with van der Waals surface area (Å²) in [6.45, 7) is 12.0. The average molecular weight is 857 g/mol. The van der Waals surface area contributed by atoms with Crippen molar-refractivity contribution in [3.8, 4) is 55.6 Å². The van der Waals surface area contributed by atoms with Gasteiger partial charge in [0.15, 0.2) is 0 Å². The van der Waals surface area contributed by atoms with Crippen LogP contribution in [0.5, 0.6) is 0 Å². The Morgan fingerprint density at radius 3 is 1.21 bits per heavy atom. The Hall–Kier alpha value is -7.36. The highest BCUT2D eigenvalue weighted by atomic mass is 14.5. The predicted molar refractivity (Wildman–Crippen MR) is 286 cm³/mol. The predicted octanol–water partition coefficient (Wildman–Crippen LogP) is 16.6. The maximum Gasteiger partial charge on any atom is 0.0178 e. The third-order valence-corrected chi connectivity index (χ3v) is 12.7. The molecule has 0 bridgehead atoms. The van der Waals surface area contributed by atoms with Crippen LogP contribution in [0.3, 0.4) is 0 Å². The van der Waals surface area contributed by atoms with Crippen LogP contribution < -0.4 is 11.5 Å². The third-order valence-electron chi connectivity index (χ3n) is 12.7. The molecule has 1 aliphatic carbocycles. The molecule has 0 amide bonds. The first-order valence-corrected chi connectivity index (χ1v) is 23.3. The fraction of sp³-hybridized carbons (Fsp3) is 0.125. The Morgan fingerprint density at radius 1 is 0.333 bits per heavy atom. The van der Waals surface area contributed by atoms with E-state index in [-0.39, 0.29) is 5.41 Å². The van der Waals surface area contributed by atoms with Crippen LogP contribution >= 0.6 is 0 Å². The summed E-state index contributed by atoms with van der Waals surface area (Å²) < 4.78 is 0. The number of aryl methyl sites for hydroxylation is 1. The lowest BCUT2D eigenvalue weighted by Gasteiger charge is -2.22. The molecule has 4 N–H and O–H groups in total. The molecule has 0 saturated carbocycles. The van der Waals surface area contributed by atoms with Crippen molar-refractivity contribution in [2.24, 2.45) is 11.5 Å². The number of hydrogen-bond acceptors (Lipinski definition) is 2. The molecule has 11 rings (SSSR count). The van der Waals surface area contributed by atoms with E-state index in [4.69, 9.17) is 11.5 Å². The highest BCUT2D eigenvalue weighted by Crippen LogP contribution is 2.49. The molecule has 0 atom stereocenters. The lowest BCUT2D eigenvalue weighted by Crippen LogP contribution is -2.14. The molecule has 1 aliphatic rings. The van der Waals surface area contributed by atoms with Gasteiger partial charge in [-0.15, -0.1) is 0 Å². The smallest absolute Gasteiger partial charge is 0.0178 e. The van der Waals surface area contributed by atoms with Gasteiger partial charge in [-0.25, -0.2) is 0 Å². The zero-order valence-corrected chi connectivity index (χ0v) is 38.9. The Balaban J connectivity index is 0.000000294. The second-order valence-corrected chi connectivity index (χ2v) is 17.2. The van der Waals surface area contributed by atoms with Crippen LogP contribution in [0.2, 0.25) is 0 Å². The first kappa shape index (κ1) is 45.2. The van der Waals surface area contributed by atoms with Crippen molar-refractivity contribution >= 4 is 21.5 Å². The van der Waals surface area contributed by atoms with E-state index in [0.717, 1.165) is 5.56 Å². The van der Waals surface area contributed by atoms with Gasteiger partial charge in [0.05, 0.1) is 0 Å². The third kappa shape index (κ3) is 9.67. The van der Waals surface area contributed by atoms with Gasteiger partial charge >= 0.3 is 0 Å². The van der Waals surface area contributed by atoms with Gasteiger partial charge < -0.3 is 11.5 Å². The molecule has 10 aromatic carbocycles. The average Bonchev–Trinajstić information content (AvgIpc) is 3.62. The lowest BCUT2D eigenvalue weighted by molar-refractivity contribution is 0.660. The molecule has 0 unspecified atom stereocenters. The minimum absolute atomic E-state index is 0.00162. The quantitative estimate of drug-likeness (QED) is 0.175. The fourth-order valence-electron chi connectivity index (χ4n) is 9.12. The Morgan fingerprint density at radius 2 is 0.727 bits per heavy atom. The zero-order chi connectivity index (χ0) is 46.0. The molecule has 0 spiro atoms. The maximum absolute atomic E-state index is 5.82. The number of nitrogens with two attached hydrogens (primary N) is 2. The van der Waals surface area contributed by atoms with E-state index in [1.165, 1.54) is 99.4 Å². The molecular weight excluding hydrogens is 797 g/mol. The molecule has 2 nitrogen and oxygen atoms in total. The summed E-state index contributed by atoms with van der Waals surface area (Å²) in [5, 5.41) is 5.01. The summed E-state index contributed by atoms with van der Waals surface area (Å²) in [6.07, 6.45) is 0. The van der Waals surface area contributed by atoms with Crippen molar-refractivity contribution in [3.63, 3.8) is 0 Å². The van der Waals surface area contributed by atoms with Crippen molar-refractivity contribution in [2.45, 2.75) is 53.1 Å². The Kier molecular flexibility index (Phi) is 14.1. The van der Waals surface area contributed by atoms with Crippen LogP contribution in [0, 0.1) is 6.92 Å². The van der Waals surface area contributed by atoms with E-state index in [0.29, 0.717) is 13.1 Å². The monoisotopic (exact) mass is 856 g/mol. The molecule has 326 valence electrons. The summed E-state index contributed by atoms with van der Waals surface area (Å²) in [5.41, 5.74) is 30.3. The topological polar surface area (TPSA) is 52.0 Å². The first-order chi connectivity index (χ1) is 32.3. The van der Waals surface area contributed by atoms with Crippen LogP contribution in [0.1, 0.15) is 55.5 Å². The molecule has 0 fully saturated rings. The molecule has 0 aliphatic heterocycles. The second kappa shape index (κ2) is 20.6. The molecule has 66 heavy (non-hydrogen) atoms. The SMILES string of the molecule is CC.CC1(C)c2ccccc2-c2ccc(-c3ccc(-c4ccc5c(-c6cccc7cc(-c8ccc(CN)cc8)ccc67)cccc5c4)cc3)cc21.Cc1ccccc1.NCc1ccccc1. The molecule has 0 aromatic heterocycles. The van der Waals surface area contributed by atoms with E-state index >= 15 is 0 Å². The molecule has 0 radical (unpaired) electrons. The van der Waals surface area contributed by atoms with Gasteiger partial charge in [0.25, 0.3) is 0 Å². The van der Waals surface area contributed by atoms with Crippen molar-refractivity contribution in [3.05, 3.63) is 252 Å². The summed E-state index contributed by atoms with van der Waals surface area (Å²) in [5.74, 6) is 0. The van der Waals surface area contributed by atoms with E-state index in [9.17, 15) is 0 Å². The van der Waals surface area contributed by atoms with Gasteiger partial charge in [0.1, 0.15) is 0 Å². The second-order valence-electron chi connectivity index (χ2n) is 17.2. The van der Waals surface area contributed by atoms with Crippen molar-refractivity contribution in [1.29, 1.82) is 0 Å². The standard InChI is InChI=1S/C48H37N.C7H9N.C7H8.C2H6/c1-48(2)46-12-4-3-9-44(46)45-26-23-37(29-47(45)48)34-19-17-33(18-20-34)36-22-25-41-39(28-36)8-6-11-43(41)42-10-5-7-38-27-35(21-24-40(38)42)32-15-13-31(30-49)14-16-32;8-6-7-4-2-1-3-5-7;1-7-5-3-2-4-6-7;1-2/h3-29H,30,49H2,1-2H3;1-5H,6,8H2;2-6H,1H3;1-2H3. The largest absolute Gasteiger partial charge is 0.326 e. The van der Waals surface area contributed by atoms with E-state index < -0.39 is 0 Å². The van der Waals surface area contributed by atoms with Crippen LogP contribution in [-0.4, -0.2) is 0 Å². The van der Waals surface area contributed by atoms with Crippen LogP contribution in [0.25, 0.3) is 77.2 Å². The molecule has 10 aromatic rings. The fourth-order valence-corrected chi connectivity index (χ4v) is 9.12. The molecular formula is C64H60N2. The van der Waals surface area contributed by atoms with Crippen molar-refractivity contribution in [1.82, 2.24) is 0 Å². The zero-order valence-electron chi connectivity index (χ0n) is 38.9. The Bertz CT molecular complexity index is 3180. The minimum atomic E-state index is -0.00162. The number of benzene rings is 10. The van der Waals surface area contributed by atoms with Crippen molar-refractivity contribution < 1.29 is 0 Å². The number of hydrogen-bond donors (Lipinski definition) is 2. The van der Waals surface area contributed by atoms with Crippen LogP contribution in [0.15, 0.2) is 224 Å². The normalized spacial score (nSPS) is 11.8. The highest BCUT2D eigenvalue weighted by molar-refractivity contribution is 6.07. The van der Waals surface area contributed by atoms with Crippen LogP contribution in [-0.2, 0) is 18.5 Å². The first-order valence-electron chi connectivity index (χ1n) is 23.3. The summed E-state index contributed by atoms with van der Waals surface area (Å²) in [7, 11) is 0. The lowest BCUT2D eigenvalue weighted by atomic mass is 9.81. The van der Waals surface area contributed by atoms with Gasteiger partial charge in [-0.1, -0.05) is 240 Å². The number of fused-ring (bicyclic) bond motifs is 5. The van der Waals surface area contributed by atoms with Gasteiger partial charge in [0, 0.05) is 18.5 Å². The van der Waals surface area contributed by atoms with Crippen molar-refractivity contribution in [2.75, 3.05) is 0 Å². The van der Waals surface area contributed by atoms with Gasteiger partial charge in [0.2, 0.25) is 0 Å². The van der Waals surface area contributed by atoms with E-state index in [1.807, 2.05) is 62.4 Å². The molecule has 0 heterocycles. The molecule has 2 heteroatoms.